The molecule has 3 rings (SSSR count). The average molecular weight is 366 g/mol. The second-order valence-corrected chi connectivity index (χ2v) is 7.45. The lowest BCUT2D eigenvalue weighted by molar-refractivity contribution is -0.890. The van der Waals surface area contributed by atoms with Crippen LogP contribution in [0.15, 0.2) is 60.7 Å². The first-order valence-corrected chi connectivity index (χ1v) is 9.49. The Hall–Kier alpha value is -2.66. The van der Waals surface area contributed by atoms with Crippen molar-refractivity contribution in [2.45, 2.75) is 19.0 Å². The molecular weight excluding hydrogens is 338 g/mol. The van der Waals surface area contributed by atoms with Crippen molar-refractivity contribution in [1.82, 2.24) is 10.2 Å². The third-order valence-electron chi connectivity index (χ3n) is 5.18. The van der Waals surface area contributed by atoms with Gasteiger partial charge in [0.2, 0.25) is 11.8 Å². The third kappa shape index (κ3) is 4.95. The van der Waals surface area contributed by atoms with Crippen LogP contribution in [-0.4, -0.2) is 43.9 Å². The van der Waals surface area contributed by atoms with Crippen molar-refractivity contribution in [2.24, 2.45) is 5.92 Å². The standard InChI is InChI=1S/C22H27N3O2/c1-24(2)20(18-11-7-4-8-12-18)14-23-22(27)19-13-21(26)25(16-19)15-17-9-5-3-6-10-17/h3-12,19-20H,13-16H2,1-2H3,(H,23,27)/p+1/t19-,20-/m0/s1. The van der Waals surface area contributed by atoms with Crippen LogP contribution in [0.1, 0.15) is 23.6 Å². The fourth-order valence-corrected chi connectivity index (χ4v) is 3.59. The number of likely N-dealkylation sites (N-methyl/N-ethyl adjacent to an activating group) is 1. The van der Waals surface area contributed by atoms with Crippen LogP contribution < -0.4 is 10.2 Å². The minimum absolute atomic E-state index is 0.0268. The number of likely N-dealkylation sites (tertiary alicyclic amines) is 1. The van der Waals surface area contributed by atoms with Crippen LogP contribution in [-0.2, 0) is 16.1 Å². The summed E-state index contributed by atoms with van der Waals surface area (Å²) < 4.78 is 0. The van der Waals surface area contributed by atoms with E-state index in [4.69, 9.17) is 0 Å². The number of nitrogens with zero attached hydrogens (tertiary/aromatic N) is 1. The summed E-state index contributed by atoms with van der Waals surface area (Å²) in [4.78, 5) is 28.0. The van der Waals surface area contributed by atoms with E-state index < -0.39 is 0 Å². The highest BCUT2D eigenvalue weighted by Crippen LogP contribution is 2.20. The minimum atomic E-state index is -0.269. The number of quaternary nitrogens is 1. The zero-order valence-corrected chi connectivity index (χ0v) is 16.0. The molecule has 2 amide bonds. The van der Waals surface area contributed by atoms with Gasteiger partial charge >= 0.3 is 0 Å². The molecule has 5 heteroatoms. The Kier molecular flexibility index (Phi) is 6.24. The van der Waals surface area contributed by atoms with Crippen molar-refractivity contribution in [3.8, 4) is 0 Å². The van der Waals surface area contributed by atoms with Gasteiger partial charge in [-0.15, -0.1) is 0 Å². The van der Waals surface area contributed by atoms with E-state index in [9.17, 15) is 9.59 Å². The van der Waals surface area contributed by atoms with Gasteiger partial charge in [-0.05, 0) is 5.56 Å². The van der Waals surface area contributed by atoms with Crippen molar-refractivity contribution >= 4 is 11.8 Å². The Morgan fingerprint density at radius 2 is 1.74 bits per heavy atom. The number of amides is 2. The number of hydrogen-bond acceptors (Lipinski definition) is 2. The molecule has 2 aromatic carbocycles. The summed E-state index contributed by atoms with van der Waals surface area (Å²) in [7, 11) is 4.18. The van der Waals surface area contributed by atoms with Crippen LogP contribution >= 0.6 is 0 Å². The molecule has 2 N–H and O–H groups in total. The van der Waals surface area contributed by atoms with Crippen molar-refractivity contribution in [3.05, 3.63) is 71.8 Å². The van der Waals surface area contributed by atoms with E-state index in [2.05, 4.69) is 31.5 Å². The largest absolute Gasteiger partial charge is 0.349 e. The van der Waals surface area contributed by atoms with Crippen LogP contribution in [0, 0.1) is 5.92 Å². The van der Waals surface area contributed by atoms with Crippen LogP contribution in [0.2, 0.25) is 0 Å². The highest BCUT2D eigenvalue weighted by atomic mass is 16.2. The second kappa shape index (κ2) is 8.82. The minimum Gasteiger partial charge on any atom is -0.349 e. The van der Waals surface area contributed by atoms with Gasteiger partial charge in [0.25, 0.3) is 0 Å². The van der Waals surface area contributed by atoms with E-state index in [1.165, 1.54) is 10.5 Å². The number of carbonyl (C=O) groups excluding carboxylic acids is 2. The van der Waals surface area contributed by atoms with E-state index in [-0.39, 0.29) is 23.8 Å². The van der Waals surface area contributed by atoms with Crippen molar-refractivity contribution in [3.63, 3.8) is 0 Å². The topological polar surface area (TPSA) is 53.9 Å². The van der Waals surface area contributed by atoms with Gasteiger partial charge in [0.1, 0.15) is 6.04 Å². The molecule has 0 unspecified atom stereocenters. The zero-order valence-electron chi connectivity index (χ0n) is 16.0. The molecule has 27 heavy (non-hydrogen) atoms. The van der Waals surface area contributed by atoms with Gasteiger partial charge in [-0.2, -0.15) is 0 Å². The first kappa shape index (κ1) is 19.1. The molecule has 2 atom stereocenters. The molecule has 1 heterocycles. The molecule has 0 aromatic heterocycles. The molecule has 1 aliphatic heterocycles. The predicted octanol–water partition coefficient (Wildman–Crippen LogP) is 1.04. The molecule has 0 bridgehead atoms. The van der Waals surface area contributed by atoms with Crippen LogP contribution in [0.4, 0.5) is 0 Å². The first-order valence-electron chi connectivity index (χ1n) is 9.49. The lowest BCUT2D eigenvalue weighted by atomic mass is 10.0. The Balaban J connectivity index is 1.56. The Morgan fingerprint density at radius 1 is 1.11 bits per heavy atom. The maximum absolute atomic E-state index is 12.6. The number of rotatable bonds is 7. The van der Waals surface area contributed by atoms with Gasteiger partial charge in [0, 0.05) is 25.1 Å². The molecule has 0 radical (unpaired) electrons. The summed E-state index contributed by atoms with van der Waals surface area (Å²) >= 11 is 0. The average Bonchev–Trinajstić information content (AvgIpc) is 3.04. The van der Waals surface area contributed by atoms with Crippen LogP contribution in [0.25, 0.3) is 0 Å². The normalized spacial score (nSPS) is 18.0. The van der Waals surface area contributed by atoms with Gasteiger partial charge in [-0.1, -0.05) is 60.7 Å². The summed E-state index contributed by atoms with van der Waals surface area (Å²) in [5, 5.41) is 3.07. The monoisotopic (exact) mass is 366 g/mol. The highest BCUT2D eigenvalue weighted by molar-refractivity contribution is 5.89. The second-order valence-electron chi connectivity index (χ2n) is 7.45. The quantitative estimate of drug-likeness (QED) is 0.769. The van der Waals surface area contributed by atoms with E-state index in [1.807, 2.05) is 48.5 Å². The van der Waals surface area contributed by atoms with Crippen molar-refractivity contribution < 1.29 is 14.5 Å². The first-order chi connectivity index (χ1) is 13.0. The van der Waals surface area contributed by atoms with E-state index in [0.29, 0.717) is 26.1 Å². The van der Waals surface area contributed by atoms with E-state index >= 15 is 0 Å². The SMILES string of the molecule is C[NH+](C)[C@@H](CNC(=O)[C@H]1CC(=O)N(Cc2ccccc2)C1)c1ccccc1. The molecule has 0 aliphatic carbocycles. The molecule has 1 saturated heterocycles. The fourth-order valence-electron chi connectivity index (χ4n) is 3.59. The summed E-state index contributed by atoms with van der Waals surface area (Å²) in [5.74, 6) is -0.243. The maximum atomic E-state index is 12.6. The van der Waals surface area contributed by atoms with E-state index in [0.717, 1.165) is 5.56 Å². The van der Waals surface area contributed by atoms with Gasteiger partial charge < -0.3 is 15.1 Å². The lowest BCUT2D eigenvalue weighted by Gasteiger charge is -2.23. The summed E-state index contributed by atoms with van der Waals surface area (Å²) in [6.07, 6.45) is 0.295. The Bertz CT molecular complexity index is 762. The Labute approximate surface area is 161 Å². The highest BCUT2D eigenvalue weighted by Gasteiger charge is 2.34. The van der Waals surface area contributed by atoms with Gasteiger partial charge in [-0.3, -0.25) is 9.59 Å². The molecular formula is C22H28N3O2+. The number of benzene rings is 2. The third-order valence-corrected chi connectivity index (χ3v) is 5.18. The molecule has 1 fully saturated rings. The van der Waals surface area contributed by atoms with Crippen LogP contribution in [0.3, 0.4) is 0 Å². The van der Waals surface area contributed by atoms with Crippen LogP contribution in [0.5, 0.6) is 0 Å². The molecule has 142 valence electrons. The summed E-state index contributed by atoms with van der Waals surface area (Å²) in [6.45, 7) is 1.62. The molecule has 0 saturated carbocycles. The van der Waals surface area contributed by atoms with Crippen molar-refractivity contribution in [1.29, 1.82) is 0 Å². The molecule has 2 aromatic rings. The Morgan fingerprint density at radius 3 is 2.37 bits per heavy atom. The smallest absolute Gasteiger partial charge is 0.225 e. The lowest BCUT2D eigenvalue weighted by Crippen LogP contribution is -3.07. The molecule has 1 aliphatic rings. The zero-order chi connectivity index (χ0) is 19.2. The number of hydrogen-bond donors (Lipinski definition) is 2. The molecule has 5 nitrogen and oxygen atoms in total. The maximum Gasteiger partial charge on any atom is 0.225 e. The van der Waals surface area contributed by atoms with Gasteiger partial charge in [0.05, 0.1) is 26.6 Å². The van der Waals surface area contributed by atoms with Gasteiger partial charge in [0.15, 0.2) is 0 Å². The van der Waals surface area contributed by atoms with Gasteiger partial charge in [-0.25, -0.2) is 0 Å². The predicted molar refractivity (Wildman–Crippen MR) is 105 cm³/mol. The summed E-state index contributed by atoms with van der Waals surface area (Å²) in [6, 6.07) is 20.3. The van der Waals surface area contributed by atoms with Crippen molar-refractivity contribution in [2.75, 3.05) is 27.2 Å². The van der Waals surface area contributed by atoms with E-state index in [1.54, 1.807) is 4.90 Å². The molecule has 0 spiro atoms. The fraction of sp³-hybridized carbons (Fsp3) is 0.364. The number of carbonyl (C=O) groups is 2. The summed E-state index contributed by atoms with van der Waals surface area (Å²) in [5.41, 5.74) is 2.29. The number of nitrogens with one attached hydrogen (secondary N) is 2.